The van der Waals surface area contributed by atoms with Crippen molar-refractivity contribution < 1.29 is 9.47 Å². The van der Waals surface area contributed by atoms with E-state index in [1.54, 1.807) is 0 Å². The Morgan fingerprint density at radius 1 is 1.18 bits per heavy atom. The Hall–Kier alpha value is -0.930. The van der Waals surface area contributed by atoms with E-state index >= 15 is 0 Å². The van der Waals surface area contributed by atoms with E-state index in [1.807, 2.05) is 6.92 Å². The molecule has 17 heavy (non-hydrogen) atoms. The Balaban J connectivity index is 2.19. The fourth-order valence-corrected chi connectivity index (χ4v) is 3.03. The van der Waals surface area contributed by atoms with Crippen molar-refractivity contribution in [2.45, 2.75) is 32.2 Å². The van der Waals surface area contributed by atoms with E-state index in [4.69, 9.17) is 26.8 Å². The lowest BCUT2D eigenvalue weighted by Crippen LogP contribution is -2.19. The third kappa shape index (κ3) is 1.69. The van der Waals surface area contributed by atoms with Gasteiger partial charge in [0.05, 0.1) is 18.2 Å². The van der Waals surface area contributed by atoms with Gasteiger partial charge in [0.1, 0.15) is 11.5 Å². The molecule has 2 aliphatic rings. The Bertz CT molecular complexity index is 436. The largest absolute Gasteiger partial charge is 0.493 e. The van der Waals surface area contributed by atoms with Crippen molar-refractivity contribution >= 4 is 11.6 Å². The summed E-state index contributed by atoms with van der Waals surface area (Å²) < 4.78 is 11.4. The molecule has 0 aliphatic carbocycles. The first-order valence-corrected chi connectivity index (χ1v) is 6.43. The van der Waals surface area contributed by atoms with Gasteiger partial charge in [0.15, 0.2) is 0 Å². The van der Waals surface area contributed by atoms with Crippen LogP contribution in [-0.2, 0) is 19.3 Å². The molecule has 2 N–H and O–H groups in total. The van der Waals surface area contributed by atoms with Crippen LogP contribution in [0, 0.1) is 0 Å². The average molecular weight is 254 g/mol. The maximum Gasteiger partial charge on any atom is 0.142 e. The van der Waals surface area contributed by atoms with E-state index in [9.17, 15) is 0 Å². The maximum atomic E-state index is 6.37. The second kappa shape index (κ2) is 4.07. The minimum absolute atomic E-state index is 0.120. The highest BCUT2D eigenvalue weighted by molar-refractivity contribution is 6.33. The van der Waals surface area contributed by atoms with Crippen molar-refractivity contribution in [3.63, 3.8) is 0 Å². The molecule has 1 unspecified atom stereocenters. The lowest BCUT2D eigenvalue weighted by molar-refractivity contribution is 0.352. The average Bonchev–Trinajstić information content (AvgIpc) is 2.92. The van der Waals surface area contributed by atoms with Gasteiger partial charge in [-0.1, -0.05) is 11.6 Å². The van der Waals surface area contributed by atoms with E-state index < -0.39 is 0 Å². The van der Waals surface area contributed by atoms with Crippen LogP contribution in [0.2, 0.25) is 5.02 Å². The number of rotatable bonds is 2. The molecule has 0 radical (unpaired) electrons. The van der Waals surface area contributed by atoms with Crippen molar-refractivity contribution in [3.8, 4) is 11.5 Å². The van der Waals surface area contributed by atoms with Crippen LogP contribution in [-0.4, -0.2) is 19.3 Å². The molecule has 0 fully saturated rings. The van der Waals surface area contributed by atoms with Crippen LogP contribution >= 0.6 is 11.6 Å². The second-order valence-corrected chi connectivity index (χ2v) is 5.16. The van der Waals surface area contributed by atoms with Crippen LogP contribution in [0.15, 0.2) is 0 Å². The summed E-state index contributed by atoms with van der Waals surface area (Å²) in [5, 5.41) is 0.749. The Kier molecular flexibility index (Phi) is 2.68. The summed E-state index contributed by atoms with van der Waals surface area (Å²) in [4.78, 5) is 0. The van der Waals surface area contributed by atoms with E-state index in [0.717, 1.165) is 41.3 Å². The molecule has 0 amide bonds. The molecule has 3 nitrogen and oxygen atoms in total. The van der Waals surface area contributed by atoms with Crippen LogP contribution in [0.1, 0.15) is 23.6 Å². The zero-order valence-electron chi connectivity index (χ0n) is 9.88. The normalized spacial score (nSPS) is 18.3. The van der Waals surface area contributed by atoms with Gasteiger partial charge in [-0.25, -0.2) is 0 Å². The second-order valence-electron chi connectivity index (χ2n) is 4.79. The minimum Gasteiger partial charge on any atom is -0.493 e. The highest BCUT2D eigenvalue weighted by Crippen LogP contribution is 2.47. The summed E-state index contributed by atoms with van der Waals surface area (Å²) in [6.45, 7) is 3.44. The molecule has 0 bridgehead atoms. The summed E-state index contributed by atoms with van der Waals surface area (Å²) in [6, 6.07) is 0.120. The van der Waals surface area contributed by atoms with Gasteiger partial charge in [-0.15, -0.1) is 0 Å². The third-order valence-electron chi connectivity index (χ3n) is 3.37. The maximum absolute atomic E-state index is 6.37. The summed E-state index contributed by atoms with van der Waals surface area (Å²) in [7, 11) is 0. The van der Waals surface area contributed by atoms with Crippen LogP contribution in [0.3, 0.4) is 0 Å². The lowest BCUT2D eigenvalue weighted by atomic mass is 9.95. The SMILES string of the molecule is CC(N)Cc1c2c(c(Cl)c3c1OCC3)OCC2. The number of nitrogens with two attached hydrogens (primary N) is 1. The Labute approximate surface area is 106 Å². The van der Waals surface area contributed by atoms with Gasteiger partial charge in [-0.2, -0.15) is 0 Å². The first kappa shape index (κ1) is 11.2. The lowest BCUT2D eigenvalue weighted by Gasteiger charge is -2.16. The van der Waals surface area contributed by atoms with E-state index in [-0.39, 0.29) is 6.04 Å². The molecular formula is C13H16ClNO2. The Morgan fingerprint density at radius 3 is 2.53 bits per heavy atom. The number of hydrogen-bond donors (Lipinski definition) is 1. The van der Waals surface area contributed by atoms with Gasteiger partial charge in [0.2, 0.25) is 0 Å². The summed E-state index contributed by atoms with van der Waals surface area (Å²) >= 11 is 6.37. The molecule has 2 aliphatic heterocycles. The van der Waals surface area contributed by atoms with Gasteiger partial charge < -0.3 is 15.2 Å². The smallest absolute Gasteiger partial charge is 0.142 e. The summed E-state index contributed by atoms with van der Waals surface area (Å²) in [6.07, 6.45) is 2.61. The van der Waals surface area contributed by atoms with Crippen molar-refractivity contribution in [2.24, 2.45) is 5.73 Å². The van der Waals surface area contributed by atoms with Gasteiger partial charge in [0.25, 0.3) is 0 Å². The van der Waals surface area contributed by atoms with Crippen molar-refractivity contribution in [3.05, 3.63) is 21.7 Å². The molecular weight excluding hydrogens is 238 g/mol. The molecule has 1 aromatic rings. The molecule has 4 heteroatoms. The molecule has 1 atom stereocenters. The van der Waals surface area contributed by atoms with E-state index in [1.165, 1.54) is 11.1 Å². The third-order valence-corrected chi connectivity index (χ3v) is 3.77. The molecule has 0 spiro atoms. The summed E-state index contributed by atoms with van der Waals surface area (Å²) in [5.41, 5.74) is 9.44. The predicted octanol–water partition coefficient (Wildman–Crippen LogP) is 2.10. The van der Waals surface area contributed by atoms with Crippen molar-refractivity contribution in [1.29, 1.82) is 0 Å². The quantitative estimate of drug-likeness (QED) is 0.878. The fourth-order valence-electron chi connectivity index (χ4n) is 2.69. The molecule has 1 aromatic carbocycles. The topological polar surface area (TPSA) is 44.5 Å². The van der Waals surface area contributed by atoms with E-state index in [0.29, 0.717) is 13.2 Å². The monoisotopic (exact) mass is 253 g/mol. The summed E-state index contributed by atoms with van der Waals surface area (Å²) in [5.74, 6) is 1.84. The molecule has 92 valence electrons. The predicted molar refractivity (Wildman–Crippen MR) is 67.2 cm³/mol. The van der Waals surface area contributed by atoms with Gasteiger partial charge >= 0.3 is 0 Å². The standard InChI is InChI=1S/C13H16ClNO2/c1-7(15)6-10-8-2-4-17-13(8)11(14)9-3-5-16-12(9)10/h7H,2-6,15H2,1H3. The first-order chi connectivity index (χ1) is 8.18. The van der Waals surface area contributed by atoms with Crippen molar-refractivity contribution in [2.75, 3.05) is 13.2 Å². The number of ether oxygens (including phenoxy) is 2. The molecule has 0 aromatic heterocycles. The van der Waals surface area contributed by atoms with Gasteiger partial charge in [-0.3, -0.25) is 0 Å². The number of fused-ring (bicyclic) bond motifs is 2. The minimum atomic E-state index is 0.120. The van der Waals surface area contributed by atoms with Crippen LogP contribution < -0.4 is 15.2 Å². The highest BCUT2D eigenvalue weighted by atomic mass is 35.5. The van der Waals surface area contributed by atoms with Crippen molar-refractivity contribution in [1.82, 2.24) is 0 Å². The highest BCUT2D eigenvalue weighted by Gasteiger charge is 2.30. The Morgan fingerprint density at radius 2 is 1.82 bits per heavy atom. The number of benzene rings is 1. The first-order valence-electron chi connectivity index (χ1n) is 6.05. The number of halogens is 1. The van der Waals surface area contributed by atoms with Crippen LogP contribution in [0.5, 0.6) is 11.5 Å². The zero-order valence-corrected chi connectivity index (χ0v) is 10.6. The molecule has 2 heterocycles. The number of hydrogen-bond acceptors (Lipinski definition) is 3. The molecule has 0 saturated carbocycles. The van der Waals surface area contributed by atoms with Crippen LogP contribution in [0.25, 0.3) is 0 Å². The van der Waals surface area contributed by atoms with E-state index in [2.05, 4.69) is 0 Å². The van der Waals surface area contributed by atoms with Crippen LogP contribution in [0.4, 0.5) is 0 Å². The molecule has 3 rings (SSSR count). The van der Waals surface area contributed by atoms with Gasteiger partial charge in [0, 0.05) is 35.6 Å². The molecule has 0 saturated heterocycles. The van der Waals surface area contributed by atoms with Gasteiger partial charge in [-0.05, 0) is 13.3 Å². The fraction of sp³-hybridized carbons (Fsp3) is 0.538. The zero-order chi connectivity index (χ0) is 12.0.